The van der Waals surface area contributed by atoms with Crippen LogP contribution in [0.3, 0.4) is 0 Å². The summed E-state index contributed by atoms with van der Waals surface area (Å²) in [5.41, 5.74) is 0. The lowest BCUT2D eigenvalue weighted by atomic mass is 10.0. The van der Waals surface area contributed by atoms with Crippen molar-refractivity contribution in [3.63, 3.8) is 0 Å². The largest absolute Gasteiger partial charge is 0.393 e. The summed E-state index contributed by atoms with van der Waals surface area (Å²) in [5.74, 6) is 3.12. The van der Waals surface area contributed by atoms with E-state index in [2.05, 4.69) is 14.9 Å². The van der Waals surface area contributed by atoms with Crippen molar-refractivity contribution >= 4 is 11.6 Å². The number of nitrogens with zero attached hydrogens (tertiary/aromatic N) is 4. The molecule has 0 radical (unpaired) electrons. The normalized spacial score (nSPS) is 30.6. The van der Waals surface area contributed by atoms with Crippen molar-refractivity contribution in [2.24, 2.45) is 11.8 Å². The van der Waals surface area contributed by atoms with Crippen LogP contribution in [0.4, 0.5) is 11.6 Å². The Kier molecular flexibility index (Phi) is 2.86. The van der Waals surface area contributed by atoms with E-state index in [1.807, 2.05) is 25.2 Å². The maximum Gasteiger partial charge on any atom is 0.149 e. The Hall–Kier alpha value is -1.36. The van der Waals surface area contributed by atoms with Crippen molar-refractivity contribution < 1.29 is 5.11 Å². The zero-order valence-electron chi connectivity index (χ0n) is 11.0. The van der Waals surface area contributed by atoms with E-state index in [0.29, 0.717) is 11.8 Å². The van der Waals surface area contributed by atoms with Gasteiger partial charge in [0.25, 0.3) is 0 Å². The van der Waals surface area contributed by atoms with Gasteiger partial charge in [-0.2, -0.15) is 0 Å². The first-order valence-corrected chi connectivity index (χ1v) is 6.56. The van der Waals surface area contributed by atoms with E-state index in [9.17, 15) is 5.11 Å². The van der Waals surface area contributed by atoms with E-state index in [4.69, 9.17) is 0 Å². The third-order valence-electron chi connectivity index (χ3n) is 4.12. The smallest absolute Gasteiger partial charge is 0.149 e. The van der Waals surface area contributed by atoms with Crippen LogP contribution in [0.5, 0.6) is 0 Å². The minimum absolute atomic E-state index is 0.0821. The van der Waals surface area contributed by atoms with Crippen molar-refractivity contribution in [3.8, 4) is 0 Å². The molecule has 2 fully saturated rings. The van der Waals surface area contributed by atoms with Gasteiger partial charge in [0.1, 0.15) is 11.6 Å². The Bertz CT molecular complexity index is 423. The lowest BCUT2D eigenvalue weighted by Crippen LogP contribution is -2.24. The van der Waals surface area contributed by atoms with Gasteiger partial charge in [-0.25, -0.2) is 4.98 Å². The van der Waals surface area contributed by atoms with Crippen LogP contribution in [0, 0.1) is 11.8 Å². The van der Waals surface area contributed by atoms with E-state index < -0.39 is 0 Å². The second-order valence-corrected chi connectivity index (χ2v) is 5.68. The minimum Gasteiger partial charge on any atom is -0.393 e. The molecule has 2 heterocycles. The van der Waals surface area contributed by atoms with E-state index >= 15 is 0 Å². The molecular formula is C13H20N4O. The molecule has 0 bridgehead atoms. The topological polar surface area (TPSA) is 52.5 Å². The van der Waals surface area contributed by atoms with Crippen LogP contribution in [-0.2, 0) is 0 Å². The van der Waals surface area contributed by atoms with Gasteiger partial charge in [0, 0.05) is 27.2 Å². The summed E-state index contributed by atoms with van der Waals surface area (Å²) in [4.78, 5) is 13.2. The quantitative estimate of drug-likeness (QED) is 0.837. The highest BCUT2D eigenvalue weighted by Gasteiger charge is 2.40. The molecule has 5 heteroatoms. The molecule has 1 aromatic rings. The number of anilines is 2. The minimum atomic E-state index is -0.0821. The molecule has 1 saturated heterocycles. The highest BCUT2D eigenvalue weighted by Crippen LogP contribution is 2.39. The predicted molar refractivity (Wildman–Crippen MR) is 70.8 cm³/mol. The van der Waals surface area contributed by atoms with Gasteiger partial charge in [-0.3, -0.25) is 4.98 Å². The molecule has 3 atom stereocenters. The van der Waals surface area contributed by atoms with E-state index in [1.54, 1.807) is 6.20 Å². The zero-order chi connectivity index (χ0) is 12.7. The first-order valence-electron chi connectivity index (χ1n) is 6.56. The summed E-state index contributed by atoms with van der Waals surface area (Å²) < 4.78 is 0. The van der Waals surface area contributed by atoms with Gasteiger partial charge in [0.2, 0.25) is 0 Å². The molecule has 98 valence electrons. The number of fused-ring (bicyclic) bond motifs is 1. The molecule has 1 N–H and O–H groups in total. The maximum atomic E-state index is 9.66. The molecule has 18 heavy (non-hydrogen) atoms. The molecule has 2 aliphatic rings. The van der Waals surface area contributed by atoms with Crippen LogP contribution in [0.15, 0.2) is 12.4 Å². The molecule has 0 amide bonds. The molecule has 5 nitrogen and oxygen atoms in total. The number of aliphatic hydroxyl groups excluding tert-OH is 1. The fourth-order valence-corrected chi connectivity index (χ4v) is 3.17. The van der Waals surface area contributed by atoms with E-state index in [1.165, 1.54) is 0 Å². The summed E-state index contributed by atoms with van der Waals surface area (Å²) in [7, 11) is 3.95. The lowest BCUT2D eigenvalue weighted by Gasteiger charge is -2.20. The third kappa shape index (κ3) is 2.03. The maximum absolute atomic E-state index is 9.66. The second-order valence-electron chi connectivity index (χ2n) is 5.68. The van der Waals surface area contributed by atoms with Gasteiger partial charge < -0.3 is 14.9 Å². The van der Waals surface area contributed by atoms with Crippen LogP contribution in [0.2, 0.25) is 0 Å². The zero-order valence-corrected chi connectivity index (χ0v) is 11.0. The molecule has 1 aromatic heterocycles. The Balaban J connectivity index is 1.75. The summed E-state index contributed by atoms with van der Waals surface area (Å²) in [6.45, 7) is 2.01. The number of hydrogen-bond donors (Lipinski definition) is 1. The molecule has 1 saturated carbocycles. The Morgan fingerprint density at radius 3 is 2.50 bits per heavy atom. The third-order valence-corrected chi connectivity index (χ3v) is 4.12. The van der Waals surface area contributed by atoms with Crippen molar-refractivity contribution in [1.82, 2.24) is 9.97 Å². The van der Waals surface area contributed by atoms with Crippen LogP contribution < -0.4 is 9.80 Å². The Morgan fingerprint density at radius 2 is 1.89 bits per heavy atom. The van der Waals surface area contributed by atoms with Gasteiger partial charge in [0.05, 0.1) is 18.5 Å². The lowest BCUT2D eigenvalue weighted by molar-refractivity contribution is 0.174. The molecule has 1 aliphatic heterocycles. The predicted octanol–water partition coefficient (Wildman–Crippen LogP) is 0.750. The van der Waals surface area contributed by atoms with Crippen LogP contribution in [0.1, 0.15) is 12.8 Å². The number of aromatic nitrogens is 2. The number of rotatable bonds is 2. The van der Waals surface area contributed by atoms with E-state index in [0.717, 1.165) is 37.6 Å². The fourth-order valence-electron chi connectivity index (χ4n) is 3.17. The van der Waals surface area contributed by atoms with Crippen molar-refractivity contribution in [3.05, 3.63) is 12.4 Å². The fraction of sp³-hybridized carbons (Fsp3) is 0.692. The van der Waals surface area contributed by atoms with Gasteiger partial charge >= 0.3 is 0 Å². The average Bonchev–Trinajstić information content (AvgIpc) is 2.86. The highest BCUT2D eigenvalue weighted by molar-refractivity contribution is 5.45. The van der Waals surface area contributed by atoms with Crippen molar-refractivity contribution in [1.29, 1.82) is 0 Å². The molecule has 3 rings (SSSR count). The van der Waals surface area contributed by atoms with Crippen LogP contribution in [-0.4, -0.2) is 48.4 Å². The first-order chi connectivity index (χ1) is 8.63. The van der Waals surface area contributed by atoms with Gasteiger partial charge in [0.15, 0.2) is 0 Å². The van der Waals surface area contributed by atoms with Crippen LogP contribution >= 0.6 is 0 Å². The van der Waals surface area contributed by atoms with Gasteiger partial charge in [-0.15, -0.1) is 0 Å². The van der Waals surface area contributed by atoms with Crippen LogP contribution in [0.25, 0.3) is 0 Å². The summed E-state index contributed by atoms with van der Waals surface area (Å²) in [6, 6.07) is 0. The monoisotopic (exact) mass is 248 g/mol. The van der Waals surface area contributed by atoms with Crippen molar-refractivity contribution in [2.75, 3.05) is 37.0 Å². The SMILES string of the molecule is CN(C)c1cncc(N2C[C@H]3CC(O)C[C@H]3C2)n1. The number of hydrogen-bond acceptors (Lipinski definition) is 5. The van der Waals surface area contributed by atoms with Crippen molar-refractivity contribution in [2.45, 2.75) is 18.9 Å². The number of aliphatic hydroxyl groups is 1. The summed E-state index contributed by atoms with van der Waals surface area (Å²) in [5, 5.41) is 9.66. The molecule has 1 unspecified atom stereocenters. The van der Waals surface area contributed by atoms with Gasteiger partial charge in [-0.1, -0.05) is 0 Å². The standard InChI is InChI=1S/C13H20N4O/c1-16(2)12-5-14-6-13(15-12)17-7-9-3-11(18)4-10(9)8-17/h5-6,9-11,18H,3-4,7-8H2,1-2H3/t9-,10+,11?. The highest BCUT2D eigenvalue weighted by atomic mass is 16.3. The van der Waals surface area contributed by atoms with E-state index in [-0.39, 0.29) is 6.10 Å². The first kappa shape index (κ1) is 11.7. The van der Waals surface area contributed by atoms with Gasteiger partial charge in [-0.05, 0) is 24.7 Å². The summed E-state index contributed by atoms with van der Waals surface area (Å²) >= 11 is 0. The Labute approximate surface area is 107 Å². The molecular weight excluding hydrogens is 228 g/mol. The second kappa shape index (κ2) is 4.39. The molecule has 0 spiro atoms. The Morgan fingerprint density at radius 1 is 1.22 bits per heavy atom. The molecule has 0 aromatic carbocycles. The average molecular weight is 248 g/mol. The summed E-state index contributed by atoms with van der Waals surface area (Å²) in [6.07, 6.45) is 5.43. The molecule has 1 aliphatic carbocycles.